The maximum Gasteiger partial charge on any atom is 0.261 e. The Balaban J connectivity index is 0.000000296. The second-order valence-corrected chi connectivity index (χ2v) is 9.27. The highest BCUT2D eigenvalue weighted by atomic mass is 35.5. The Kier molecular flexibility index (Phi) is 9.28. The smallest absolute Gasteiger partial charge is 0.261 e. The zero-order chi connectivity index (χ0) is 29.5. The average molecular weight is 598 g/mol. The number of carbonyl (C=O) groups excluding carboxylic acids is 3. The van der Waals surface area contributed by atoms with Gasteiger partial charge in [-0.25, -0.2) is 0 Å². The molecular formula is C29H21Cl2NO9. The number of aromatic nitrogens is 1. The molecule has 12 heteroatoms. The summed E-state index contributed by atoms with van der Waals surface area (Å²) in [5, 5.41) is 18.1. The van der Waals surface area contributed by atoms with Crippen LogP contribution in [-0.2, 0) is 6.61 Å². The topological polar surface area (TPSA) is 141 Å². The molecule has 5 rings (SSSR count). The SMILES string of the molecule is O=Cc1cc(Cl)c(O)cc1O.O=Cc1cc(Cl)c(OCc2cccn(-c3ccc4c(c3)OCCO4)c2=O)cc1C=O. The molecule has 4 aromatic rings. The number of hydrogen-bond donors (Lipinski definition) is 2. The number of carbonyl (C=O) groups is 3. The first-order valence-corrected chi connectivity index (χ1v) is 12.6. The largest absolute Gasteiger partial charge is 0.507 e. The van der Waals surface area contributed by atoms with Crippen molar-refractivity contribution in [1.82, 2.24) is 4.57 Å². The van der Waals surface area contributed by atoms with Crippen molar-refractivity contribution in [1.29, 1.82) is 0 Å². The molecule has 0 amide bonds. The molecule has 0 saturated carbocycles. The number of rotatable bonds is 7. The van der Waals surface area contributed by atoms with E-state index >= 15 is 0 Å². The quantitative estimate of drug-likeness (QED) is 0.280. The molecule has 0 atom stereocenters. The molecule has 2 heterocycles. The van der Waals surface area contributed by atoms with Crippen LogP contribution < -0.4 is 19.8 Å². The number of benzene rings is 3. The van der Waals surface area contributed by atoms with Gasteiger partial charge in [0.05, 0.1) is 26.9 Å². The number of pyridine rings is 1. The Morgan fingerprint density at radius 2 is 1.46 bits per heavy atom. The average Bonchev–Trinajstić information content (AvgIpc) is 2.98. The maximum atomic E-state index is 12.9. The Bertz CT molecular complexity index is 1680. The van der Waals surface area contributed by atoms with Crippen LogP contribution in [0.25, 0.3) is 5.69 Å². The van der Waals surface area contributed by atoms with E-state index < -0.39 is 0 Å². The van der Waals surface area contributed by atoms with E-state index in [9.17, 15) is 19.2 Å². The van der Waals surface area contributed by atoms with Gasteiger partial charge >= 0.3 is 0 Å². The van der Waals surface area contributed by atoms with E-state index in [1.165, 1.54) is 22.8 Å². The van der Waals surface area contributed by atoms with Gasteiger partial charge in [0.1, 0.15) is 37.1 Å². The van der Waals surface area contributed by atoms with E-state index in [0.717, 1.165) is 6.07 Å². The number of halogens is 2. The molecule has 1 aliphatic rings. The zero-order valence-corrected chi connectivity index (χ0v) is 22.6. The molecule has 3 aromatic carbocycles. The van der Waals surface area contributed by atoms with Crippen molar-refractivity contribution < 1.29 is 38.8 Å². The van der Waals surface area contributed by atoms with Crippen LogP contribution in [0.2, 0.25) is 10.0 Å². The summed E-state index contributed by atoms with van der Waals surface area (Å²) in [6.07, 6.45) is 3.20. The summed E-state index contributed by atoms with van der Waals surface area (Å²) in [5.74, 6) is 0.905. The van der Waals surface area contributed by atoms with E-state index in [-0.39, 0.29) is 56.2 Å². The third-order valence-corrected chi connectivity index (χ3v) is 6.43. The number of phenols is 2. The maximum absolute atomic E-state index is 12.9. The van der Waals surface area contributed by atoms with E-state index in [1.807, 2.05) is 0 Å². The van der Waals surface area contributed by atoms with Gasteiger partial charge in [-0.1, -0.05) is 23.2 Å². The van der Waals surface area contributed by atoms with Crippen LogP contribution in [0.4, 0.5) is 0 Å². The standard InChI is InChI=1S/C22H16ClNO6.C7H5ClO3/c23-18-8-15(11-25)16(12-26)9-20(18)30-13-14-2-1-5-24(22(14)27)17-3-4-19-21(10-17)29-7-6-28-19;8-5-1-4(3-9)6(10)2-7(5)11/h1-5,8-12H,6-7,13H2;1-3,10-11H. The molecule has 0 unspecified atom stereocenters. The van der Waals surface area contributed by atoms with Crippen molar-refractivity contribution in [2.24, 2.45) is 0 Å². The van der Waals surface area contributed by atoms with Crippen LogP contribution in [0, 0.1) is 0 Å². The third kappa shape index (κ3) is 6.68. The summed E-state index contributed by atoms with van der Waals surface area (Å²) in [5.41, 5.74) is 1.13. The van der Waals surface area contributed by atoms with Crippen molar-refractivity contribution in [2.45, 2.75) is 6.61 Å². The Hall–Kier alpha value is -4.80. The summed E-state index contributed by atoms with van der Waals surface area (Å²) in [6, 6.07) is 13.6. The van der Waals surface area contributed by atoms with E-state index in [1.54, 1.807) is 36.5 Å². The fraction of sp³-hybridized carbons (Fsp3) is 0.103. The molecule has 210 valence electrons. The van der Waals surface area contributed by atoms with E-state index in [4.69, 9.17) is 47.6 Å². The summed E-state index contributed by atoms with van der Waals surface area (Å²) >= 11 is 11.6. The van der Waals surface area contributed by atoms with Crippen LogP contribution in [0.5, 0.6) is 28.7 Å². The molecular weight excluding hydrogens is 577 g/mol. The van der Waals surface area contributed by atoms with Gasteiger partial charge in [-0.05, 0) is 42.5 Å². The van der Waals surface area contributed by atoms with Crippen LogP contribution >= 0.6 is 23.2 Å². The summed E-state index contributed by atoms with van der Waals surface area (Å²) in [6.45, 7) is 0.871. The number of aldehydes is 3. The van der Waals surface area contributed by atoms with E-state index in [2.05, 4.69) is 0 Å². The summed E-state index contributed by atoms with van der Waals surface area (Å²) < 4.78 is 18.2. The third-order valence-electron chi connectivity index (χ3n) is 5.83. The Morgan fingerprint density at radius 1 is 0.805 bits per heavy atom. The molecule has 0 saturated heterocycles. The Morgan fingerprint density at radius 3 is 2.17 bits per heavy atom. The number of aromatic hydroxyl groups is 2. The Labute approximate surface area is 242 Å². The molecule has 0 bridgehead atoms. The fourth-order valence-corrected chi connectivity index (χ4v) is 4.15. The molecule has 0 fully saturated rings. The van der Waals surface area contributed by atoms with Gasteiger partial charge in [-0.3, -0.25) is 23.7 Å². The highest BCUT2D eigenvalue weighted by Crippen LogP contribution is 2.32. The number of phenolic OH excluding ortho intramolecular Hbond substituents is 2. The minimum Gasteiger partial charge on any atom is -0.507 e. The van der Waals surface area contributed by atoms with Gasteiger partial charge in [0.2, 0.25) is 0 Å². The lowest BCUT2D eigenvalue weighted by Crippen LogP contribution is -2.23. The van der Waals surface area contributed by atoms with Crippen LogP contribution in [0.1, 0.15) is 36.6 Å². The molecule has 10 nitrogen and oxygen atoms in total. The minimum atomic E-state index is -0.276. The lowest BCUT2D eigenvalue weighted by atomic mass is 10.1. The molecule has 0 aliphatic carbocycles. The van der Waals surface area contributed by atoms with Gasteiger partial charge in [0, 0.05) is 29.5 Å². The first kappa shape index (κ1) is 29.2. The molecule has 0 radical (unpaired) electrons. The molecule has 41 heavy (non-hydrogen) atoms. The van der Waals surface area contributed by atoms with Gasteiger partial charge in [0.25, 0.3) is 5.56 Å². The zero-order valence-electron chi connectivity index (χ0n) is 21.1. The number of ether oxygens (including phenoxy) is 3. The summed E-state index contributed by atoms with van der Waals surface area (Å²) in [4.78, 5) is 45.3. The van der Waals surface area contributed by atoms with Gasteiger partial charge < -0.3 is 24.4 Å². The number of hydrogen-bond acceptors (Lipinski definition) is 9. The molecule has 2 N–H and O–H groups in total. The second kappa shape index (κ2) is 13.0. The van der Waals surface area contributed by atoms with Crippen LogP contribution in [-0.4, -0.2) is 46.9 Å². The number of nitrogens with zero attached hydrogens (tertiary/aromatic N) is 1. The predicted octanol–water partition coefficient (Wildman–Crippen LogP) is 5.03. The van der Waals surface area contributed by atoms with Crippen LogP contribution in [0.3, 0.4) is 0 Å². The predicted molar refractivity (Wildman–Crippen MR) is 150 cm³/mol. The monoisotopic (exact) mass is 597 g/mol. The van der Waals surface area contributed by atoms with Crippen molar-refractivity contribution in [3.8, 4) is 34.4 Å². The molecule has 1 aliphatic heterocycles. The van der Waals surface area contributed by atoms with Crippen molar-refractivity contribution in [3.05, 3.63) is 103 Å². The highest BCUT2D eigenvalue weighted by molar-refractivity contribution is 6.32. The van der Waals surface area contributed by atoms with Gasteiger partial charge in [0.15, 0.2) is 30.4 Å². The van der Waals surface area contributed by atoms with Gasteiger partial charge in [-0.2, -0.15) is 0 Å². The highest BCUT2D eigenvalue weighted by Gasteiger charge is 2.15. The van der Waals surface area contributed by atoms with E-state index in [0.29, 0.717) is 54.8 Å². The fourth-order valence-electron chi connectivity index (χ4n) is 3.75. The normalized spacial score (nSPS) is 11.6. The summed E-state index contributed by atoms with van der Waals surface area (Å²) in [7, 11) is 0. The molecule has 1 aromatic heterocycles. The van der Waals surface area contributed by atoms with Crippen molar-refractivity contribution in [3.63, 3.8) is 0 Å². The molecule has 0 spiro atoms. The van der Waals surface area contributed by atoms with Crippen LogP contribution in [0.15, 0.2) is 65.6 Å². The first-order chi connectivity index (χ1) is 19.7. The first-order valence-electron chi connectivity index (χ1n) is 11.9. The lowest BCUT2D eigenvalue weighted by molar-refractivity contribution is 0.109. The second-order valence-electron chi connectivity index (χ2n) is 8.45. The van der Waals surface area contributed by atoms with Crippen molar-refractivity contribution >= 4 is 42.1 Å². The lowest BCUT2D eigenvalue weighted by Gasteiger charge is -2.19. The number of fused-ring (bicyclic) bond motifs is 1. The van der Waals surface area contributed by atoms with Crippen molar-refractivity contribution in [2.75, 3.05) is 13.2 Å². The minimum absolute atomic E-state index is 0.0462. The van der Waals surface area contributed by atoms with Gasteiger partial charge in [-0.15, -0.1) is 0 Å².